The number of hydrogen-bond donors (Lipinski definition) is 1. The number of carbonyl (C=O) groups is 2. The molecule has 1 aliphatic heterocycles. The first-order chi connectivity index (χ1) is 9.02. The maximum Gasteiger partial charge on any atom is 0.311 e. The fraction of sp³-hybridized carbons (Fsp3) is 0.429. The molecule has 2 N–H and O–H groups in total. The van der Waals surface area contributed by atoms with Gasteiger partial charge in [-0.05, 0) is 31.5 Å². The lowest BCUT2D eigenvalue weighted by Crippen LogP contribution is -2.26. The summed E-state index contributed by atoms with van der Waals surface area (Å²) < 4.78 is 4.96. The molecule has 1 aliphatic rings. The second kappa shape index (κ2) is 5.30. The number of rotatable bonds is 3. The van der Waals surface area contributed by atoms with Gasteiger partial charge in [0.1, 0.15) is 0 Å². The van der Waals surface area contributed by atoms with Crippen LogP contribution in [0.3, 0.4) is 0 Å². The van der Waals surface area contributed by atoms with Crippen LogP contribution in [0.5, 0.6) is 0 Å². The second-order valence-corrected chi connectivity index (χ2v) is 4.70. The molecule has 2 rings (SSSR count). The van der Waals surface area contributed by atoms with Gasteiger partial charge in [0, 0.05) is 24.3 Å². The summed E-state index contributed by atoms with van der Waals surface area (Å²) in [4.78, 5) is 25.2. The van der Waals surface area contributed by atoms with Gasteiger partial charge in [-0.2, -0.15) is 0 Å². The zero-order valence-electron chi connectivity index (χ0n) is 11.2. The van der Waals surface area contributed by atoms with Gasteiger partial charge in [0.05, 0.1) is 12.5 Å². The number of anilines is 2. The minimum Gasteiger partial charge on any atom is -0.466 e. The van der Waals surface area contributed by atoms with E-state index in [2.05, 4.69) is 0 Å². The summed E-state index contributed by atoms with van der Waals surface area (Å²) in [6.07, 6.45) is 0.201. The molecule has 0 aromatic heterocycles. The summed E-state index contributed by atoms with van der Waals surface area (Å²) in [5.41, 5.74) is 8.20. The third-order valence-corrected chi connectivity index (χ3v) is 3.32. The van der Waals surface area contributed by atoms with E-state index >= 15 is 0 Å². The van der Waals surface area contributed by atoms with Crippen molar-refractivity contribution in [2.45, 2.75) is 20.3 Å². The van der Waals surface area contributed by atoms with Crippen LogP contribution < -0.4 is 10.6 Å². The topological polar surface area (TPSA) is 72.6 Å². The number of esters is 1. The Kier molecular flexibility index (Phi) is 3.74. The van der Waals surface area contributed by atoms with Crippen LogP contribution in [0.1, 0.15) is 18.9 Å². The first-order valence-electron chi connectivity index (χ1n) is 6.36. The van der Waals surface area contributed by atoms with Crippen molar-refractivity contribution in [3.63, 3.8) is 0 Å². The Hall–Kier alpha value is -2.04. The van der Waals surface area contributed by atoms with E-state index in [4.69, 9.17) is 10.5 Å². The van der Waals surface area contributed by atoms with Crippen LogP contribution in [0.4, 0.5) is 11.4 Å². The first-order valence-corrected chi connectivity index (χ1v) is 6.36. The van der Waals surface area contributed by atoms with E-state index in [0.29, 0.717) is 18.8 Å². The molecule has 0 spiro atoms. The molecule has 1 atom stereocenters. The van der Waals surface area contributed by atoms with E-state index in [1.807, 2.05) is 19.1 Å². The fourth-order valence-electron chi connectivity index (χ4n) is 2.17. The standard InChI is InChI=1S/C14H18N2O3/c1-3-19-14(18)10-6-13(17)16(8-10)11-5-4-9(2)12(15)7-11/h4-5,7,10H,3,6,8,15H2,1-2H3/t10-/m1/s1. The minimum absolute atomic E-state index is 0.0682. The zero-order valence-corrected chi connectivity index (χ0v) is 11.2. The average Bonchev–Trinajstić information content (AvgIpc) is 2.75. The van der Waals surface area contributed by atoms with Gasteiger partial charge in [0.15, 0.2) is 0 Å². The normalized spacial score (nSPS) is 18.7. The highest BCUT2D eigenvalue weighted by Crippen LogP contribution is 2.28. The third-order valence-electron chi connectivity index (χ3n) is 3.32. The van der Waals surface area contributed by atoms with Crippen molar-refractivity contribution in [1.29, 1.82) is 0 Å². The fourth-order valence-corrected chi connectivity index (χ4v) is 2.17. The molecule has 0 aliphatic carbocycles. The summed E-state index contributed by atoms with van der Waals surface area (Å²) in [5, 5.41) is 0. The summed E-state index contributed by atoms with van der Waals surface area (Å²) in [5.74, 6) is -0.755. The Labute approximate surface area is 112 Å². The highest BCUT2D eigenvalue weighted by molar-refractivity contribution is 5.99. The molecule has 5 nitrogen and oxygen atoms in total. The van der Waals surface area contributed by atoms with Crippen LogP contribution in [-0.4, -0.2) is 25.0 Å². The molecular formula is C14H18N2O3. The van der Waals surface area contributed by atoms with Gasteiger partial charge in [0.2, 0.25) is 5.91 Å². The Balaban J connectivity index is 2.15. The first kappa shape index (κ1) is 13.4. The monoisotopic (exact) mass is 262 g/mol. The lowest BCUT2D eigenvalue weighted by atomic mass is 10.1. The number of nitrogens with zero attached hydrogens (tertiary/aromatic N) is 1. The number of amides is 1. The Bertz CT molecular complexity index is 513. The van der Waals surface area contributed by atoms with Crippen molar-refractivity contribution in [1.82, 2.24) is 0 Å². The molecule has 0 radical (unpaired) electrons. The summed E-state index contributed by atoms with van der Waals surface area (Å²) in [7, 11) is 0. The molecule has 19 heavy (non-hydrogen) atoms. The van der Waals surface area contributed by atoms with E-state index < -0.39 is 0 Å². The number of ether oxygens (including phenoxy) is 1. The highest BCUT2D eigenvalue weighted by Gasteiger charge is 2.36. The van der Waals surface area contributed by atoms with Crippen LogP contribution in [0, 0.1) is 12.8 Å². The van der Waals surface area contributed by atoms with Gasteiger partial charge in [0.25, 0.3) is 0 Å². The molecule has 1 saturated heterocycles. The van der Waals surface area contributed by atoms with Crippen LogP contribution in [0.2, 0.25) is 0 Å². The average molecular weight is 262 g/mol. The number of nitrogen functional groups attached to an aromatic ring is 1. The number of nitrogens with two attached hydrogens (primary N) is 1. The Morgan fingerprint density at radius 1 is 1.53 bits per heavy atom. The van der Waals surface area contributed by atoms with Gasteiger partial charge in [-0.15, -0.1) is 0 Å². The SMILES string of the molecule is CCOC(=O)[C@@H]1CC(=O)N(c2ccc(C)c(N)c2)C1. The molecule has 1 amide bonds. The maximum atomic E-state index is 12.0. The Morgan fingerprint density at radius 2 is 2.26 bits per heavy atom. The maximum absolute atomic E-state index is 12.0. The number of benzene rings is 1. The molecular weight excluding hydrogens is 244 g/mol. The van der Waals surface area contributed by atoms with Crippen LogP contribution in [-0.2, 0) is 14.3 Å². The van der Waals surface area contributed by atoms with Crippen molar-refractivity contribution in [3.8, 4) is 0 Å². The molecule has 1 fully saturated rings. The van der Waals surface area contributed by atoms with Crippen molar-refractivity contribution >= 4 is 23.3 Å². The van der Waals surface area contributed by atoms with Gasteiger partial charge < -0.3 is 15.4 Å². The van der Waals surface area contributed by atoms with Gasteiger partial charge in [-0.1, -0.05) is 6.07 Å². The van der Waals surface area contributed by atoms with Gasteiger partial charge in [-0.3, -0.25) is 9.59 Å². The predicted octanol–water partition coefficient (Wildman–Crippen LogP) is 1.49. The second-order valence-electron chi connectivity index (χ2n) is 4.70. The smallest absolute Gasteiger partial charge is 0.311 e. The molecule has 5 heteroatoms. The zero-order chi connectivity index (χ0) is 14.0. The number of hydrogen-bond acceptors (Lipinski definition) is 4. The van der Waals surface area contributed by atoms with Crippen molar-refractivity contribution in [2.75, 3.05) is 23.8 Å². The Morgan fingerprint density at radius 3 is 2.89 bits per heavy atom. The van der Waals surface area contributed by atoms with E-state index in [-0.39, 0.29) is 24.2 Å². The highest BCUT2D eigenvalue weighted by atomic mass is 16.5. The minimum atomic E-state index is -0.380. The largest absolute Gasteiger partial charge is 0.466 e. The summed E-state index contributed by atoms with van der Waals surface area (Å²) in [6.45, 7) is 4.36. The van der Waals surface area contributed by atoms with Crippen molar-refractivity contribution in [3.05, 3.63) is 23.8 Å². The molecule has 1 aromatic carbocycles. The summed E-state index contributed by atoms with van der Waals surface area (Å²) in [6, 6.07) is 5.48. The van der Waals surface area contributed by atoms with Crippen LogP contribution in [0.15, 0.2) is 18.2 Å². The molecule has 102 valence electrons. The molecule has 0 bridgehead atoms. The molecule has 0 saturated carbocycles. The van der Waals surface area contributed by atoms with E-state index in [1.165, 1.54) is 0 Å². The third kappa shape index (κ3) is 2.70. The molecule has 1 heterocycles. The van der Waals surface area contributed by atoms with Gasteiger partial charge >= 0.3 is 5.97 Å². The van der Waals surface area contributed by atoms with Crippen LogP contribution in [0.25, 0.3) is 0 Å². The molecule has 1 aromatic rings. The van der Waals surface area contributed by atoms with E-state index in [0.717, 1.165) is 11.3 Å². The lowest BCUT2D eigenvalue weighted by Gasteiger charge is -2.17. The number of carbonyl (C=O) groups excluding carboxylic acids is 2. The van der Waals surface area contributed by atoms with Gasteiger partial charge in [-0.25, -0.2) is 0 Å². The lowest BCUT2D eigenvalue weighted by molar-refractivity contribution is -0.147. The van der Waals surface area contributed by atoms with Crippen molar-refractivity contribution in [2.24, 2.45) is 5.92 Å². The quantitative estimate of drug-likeness (QED) is 0.661. The summed E-state index contributed by atoms with van der Waals surface area (Å²) >= 11 is 0. The van der Waals surface area contributed by atoms with Crippen molar-refractivity contribution < 1.29 is 14.3 Å². The molecule has 0 unspecified atom stereocenters. The van der Waals surface area contributed by atoms with E-state index in [9.17, 15) is 9.59 Å². The number of aryl methyl sites for hydroxylation is 1. The predicted molar refractivity (Wildman–Crippen MR) is 72.7 cm³/mol. The van der Waals surface area contributed by atoms with Crippen LogP contribution >= 0.6 is 0 Å². The van der Waals surface area contributed by atoms with E-state index in [1.54, 1.807) is 17.9 Å².